The predicted octanol–water partition coefficient (Wildman–Crippen LogP) is 5.98. The van der Waals surface area contributed by atoms with E-state index in [1.807, 2.05) is 0 Å². The lowest BCUT2D eigenvalue weighted by molar-refractivity contribution is 0.650. The third kappa shape index (κ3) is 1.86. The lowest BCUT2D eigenvalue weighted by Crippen LogP contribution is -1.95. The molecule has 23 heavy (non-hydrogen) atoms. The van der Waals surface area contributed by atoms with E-state index in [0.717, 1.165) is 30.8 Å². The van der Waals surface area contributed by atoms with E-state index >= 15 is 0 Å². The van der Waals surface area contributed by atoms with E-state index < -0.39 is 0 Å². The fourth-order valence-corrected chi connectivity index (χ4v) is 3.96. The molecule has 0 amide bonds. The molecule has 2 aliphatic rings. The largest absolute Gasteiger partial charge is 0.449 e. The van der Waals surface area contributed by atoms with Crippen molar-refractivity contribution in [1.29, 1.82) is 0 Å². The minimum Gasteiger partial charge on any atom is -0.449 e. The average molecular weight is 298 g/mol. The van der Waals surface area contributed by atoms with Crippen molar-refractivity contribution in [3.05, 3.63) is 71.3 Å². The monoisotopic (exact) mass is 298 g/mol. The Morgan fingerprint density at radius 3 is 2.65 bits per heavy atom. The van der Waals surface area contributed by atoms with Crippen molar-refractivity contribution in [2.24, 2.45) is 0 Å². The molecule has 0 radical (unpaired) electrons. The van der Waals surface area contributed by atoms with Gasteiger partial charge in [0.2, 0.25) is 0 Å². The highest BCUT2D eigenvalue weighted by molar-refractivity contribution is 5.90. The van der Waals surface area contributed by atoms with Crippen molar-refractivity contribution in [3.63, 3.8) is 0 Å². The molecule has 1 heterocycles. The first-order chi connectivity index (χ1) is 11.4. The van der Waals surface area contributed by atoms with E-state index in [-0.39, 0.29) is 0 Å². The molecule has 0 fully saturated rings. The first kappa shape index (κ1) is 13.0. The maximum Gasteiger partial charge on any atom is 0.177 e. The summed E-state index contributed by atoms with van der Waals surface area (Å²) in [7, 11) is 0. The van der Waals surface area contributed by atoms with Crippen LogP contribution in [0.15, 0.2) is 54.6 Å². The molecule has 0 bridgehead atoms. The van der Waals surface area contributed by atoms with Crippen LogP contribution in [0.1, 0.15) is 30.0 Å². The fourth-order valence-electron chi connectivity index (χ4n) is 3.96. The van der Waals surface area contributed by atoms with Crippen LogP contribution >= 0.6 is 0 Å². The zero-order chi connectivity index (χ0) is 15.4. The van der Waals surface area contributed by atoms with Crippen LogP contribution in [0.5, 0.6) is 11.5 Å². The third-order valence-electron chi connectivity index (χ3n) is 5.01. The summed E-state index contributed by atoms with van der Waals surface area (Å²) >= 11 is 0. The van der Waals surface area contributed by atoms with Crippen molar-refractivity contribution >= 4 is 0 Å². The zero-order valence-corrected chi connectivity index (χ0v) is 13.2. The zero-order valence-electron chi connectivity index (χ0n) is 13.2. The summed E-state index contributed by atoms with van der Waals surface area (Å²) in [6.45, 7) is 2.25. The van der Waals surface area contributed by atoms with Crippen molar-refractivity contribution in [3.8, 4) is 33.8 Å². The molecule has 112 valence electrons. The van der Waals surface area contributed by atoms with Gasteiger partial charge in [-0.25, -0.2) is 0 Å². The summed E-state index contributed by atoms with van der Waals surface area (Å²) in [5.41, 5.74) is 9.84. The Morgan fingerprint density at radius 2 is 1.74 bits per heavy atom. The molecular formula is C22H18O. The van der Waals surface area contributed by atoms with Gasteiger partial charge < -0.3 is 4.74 Å². The van der Waals surface area contributed by atoms with Crippen LogP contribution in [0.25, 0.3) is 22.3 Å². The van der Waals surface area contributed by atoms with Crippen LogP contribution in [0.2, 0.25) is 0 Å². The van der Waals surface area contributed by atoms with Crippen molar-refractivity contribution < 1.29 is 4.74 Å². The highest BCUT2D eigenvalue weighted by Crippen LogP contribution is 2.55. The molecule has 1 aliphatic carbocycles. The van der Waals surface area contributed by atoms with Crippen molar-refractivity contribution in [2.45, 2.75) is 26.2 Å². The fraction of sp³-hybridized carbons (Fsp3) is 0.182. The number of hydrogen-bond donors (Lipinski definition) is 0. The van der Waals surface area contributed by atoms with Crippen LogP contribution in [0, 0.1) is 0 Å². The van der Waals surface area contributed by atoms with E-state index in [1.54, 1.807) is 0 Å². The van der Waals surface area contributed by atoms with Crippen LogP contribution in [0.4, 0.5) is 0 Å². The Hall–Kier alpha value is -2.54. The van der Waals surface area contributed by atoms with E-state index in [2.05, 4.69) is 61.5 Å². The molecule has 0 aromatic heterocycles. The number of benzene rings is 3. The Labute approximate surface area is 136 Å². The Kier molecular flexibility index (Phi) is 2.66. The van der Waals surface area contributed by atoms with Gasteiger partial charge in [-0.15, -0.1) is 0 Å². The normalized spacial score (nSPS) is 13.1. The number of fused-ring (bicyclic) bond motifs is 4. The van der Waals surface area contributed by atoms with Crippen molar-refractivity contribution in [1.82, 2.24) is 0 Å². The van der Waals surface area contributed by atoms with E-state index in [1.165, 1.54) is 38.9 Å². The number of para-hydroxylation sites is 1. The Morgan fingerprint density at radius 1 is 0.870 bits per heavy atom. The number of ether oxygens (including phenoxy) is 1. The van der Waals surface area contributed by atoms with Crippen molar-refractivity contribution in [2.75, 3.05) is 0 Å². The van der Waals surface area contributed by atoms with Gasteiger partial charge in [-0.05, 0) is 52.3 Å². The van der Waals surface area contributed by atoms with E-state index in [4.69, 9.17) is 4.74 Å². The molecule has 5 rings (SSSR count). The lowest BCUT2D eigenvalue weighted by Gasteiger charge is -2.14. The van der Waals surface area contributed by atoms with Crippen LogP contribution in [-0.4, -0.2) is 0 Å². The van der Waals surface area contributed by atoms with Gasteiger partial charge in [0.15, 0.2) is 11.5 Å². The molecule has 0 spiro atoms. The first-order valence-electron chi connectivity index (χ1n) is 8.41. The topological polar surface area (TPSA) is 12.5 Å². The molecule has 0 unspecified atom stereocenters. The second kappa shape index (κ2) is 4.73. The summed E-state index contributed by atoms with van der Waals surface area (Å²) in [4.78, 5) is 0. The second-order valence-corrected chi connectivity index (χ2v) is 6.44. The first-order valence-corrected chi connectivity index (χ1v) is 8.41. The summed E-state index contributed by atoms with van der Waals surface area (Å²) in [6.07, 6.45) is 3.30. The third-order valence-corrected chi connectivity index (χ3v) is 5.01. The molecule has 0 N–H and O–H groups in total. The molecule has 3 aromatic rings. The molecule has 3 aromatic carbocycles. The number of hydrogen-bond acceptors (Lipinski definition) is 1. The molecule has 0 saturated carbocycles. The number of rotatable bonds is 3. The Balaban J connectivity index is 1.78. The molecule has 0 atom stereocenters. The summed E-state index contributed by atoms with van der Waals surface area (Å²) in [5.74, 6) is 2.12. The standard InChI is InChI=1S/C22H18O/c1-2-6-14-11-12-17-16-8-4-3-7-15(16)13-19(17)21(14)18-9-5-10-20-22(18)23-20/h3-5,7-12H,2,6,13H2,1H3. The van der Waals surface area contributed by atoms with Gasteiger partial charge in [-0.2, -0.15) is 0 Å². The van der Waals surface area contributed by atoms with E-state index in [9.17, 15) is 0 Å². The summed E-state index contributed by atoms with van der Waals surface area (Å²) < 4.78 is 5.69. The minimum absolute atomic E-state index is 1.03. The molecular weight excluding hydrogens is 280 g/mol. The summed E-state index contributed by atoms with van der Waals surface area (Å²) in [5, 5.41) is 0. The highest BCUT2D eigenvalue weighted by Gasteiger charge is 2.30. The molecule has 1 heteroatoms. The van der Waals surface area contributed by atoms with Gasteiger partial charge in [-0.1, -0.05) is 61.9 Å². The number of aryl methyl sites for hydroxylation is 1. The van der Waals surface area contributed by atoms with Gasteiger partial charge in [0, 0.05) is 5.56 Å². The van der Waals surface area contributed by atoms with Crippen LogP contribution in [-0.2, 0) is 12.8 Å². The SMILES string of the molecule is CCCc1ccc2c(c1-c1cccc3c1O3)Cc1ccccc1-2. The van der Waals surface area contributed by atoms with Crippen LogP contribution < -0.4 is 4.74 Å². The lowest BCUT2D eigenvalue weighted by atomic mass is 9.89. The maximum absolute atomic E-state index is 5.69. The van der Waals surface area contributed by atoms with Crippen LogP contribution in [0.3, 0.4) is 0 Å². The minimum atomic E-state index is 1.03. The maximum atomic E-state index is 5.69. The van der Waals surface area contributed by atoms with Gasteiger partial charge in [-0.3, -0.25) is 0 Å². The smallest absolute Gasteiger partial charge is 0.177 e. The van der Waals surface area contributed by atoms with E-state index in [0.29, 0.717) is 0 Å². The predicted molar refractivity (Wildman–Crippen MR) is 94.2 cm³/mol. The van der Waals surface area contributed by atoms with Gasteiger partial charge in [0.05, 0.1) is 0 Å². The Bertz CT molecular complexity index is 937. The molecule has 1 nitrogen and oxygen atoms in total. The highest BCUT2D eigenvalue weighted by atomic mass is 16.6. The molecule has 1 aliphatic heterocycles. The van der Waals surface area contributed by atoms with Gasteiger partial charge >= 0.3 is 0 Å². The quantitative estimate of drug-likeness (QED) is 0.373. The molecule has 0 saturated heterocycles. The summed E-state index contributed by atoms with van der Waals surface area (Å²) in [6, 6.07) is 19.8. The second-order valence-electron chi connectivity index (χ2n) is 6.44. The van der Waals surface area contributed by atoms with Gasteiger partial charge in [0.1, 0.15) is 0 Å². The van der Waals surface area contributed by atoms with Gasteiger partial charge in [0.25, 0.3) is 0 Å². The average Bonchev–Trinajstić information content (AvgIpc) is 3.28.